The minimum Gasteiger partial charge on any atom is -0.460 e. The Morgan fingerprint density at radius 1 is 1.24 bits per heavy atom. The van der Waals surface area contributed by atoms with Gasteiger partial charge >= 0.3 is 0 Å². The highest BCUT2D eigenvalue weighted by molar-refractivity contribution is 6.02. The summed E-state index contributed by atoms with van der Waals surface area (Å²) in [6.45, 7) is 3.80. The van der Waals surface area contributed by atoms with Crippen molar-refractivity contribution in [3.05, 3.63) is 53.6 Å². The van der Waals surface area contributed by atoms with Gasteiger partial charge in [-0.05, 0) is 44.4 Å². The molecule has 7 heteroatoms. The molecule has 2 unspecified atom stereocenters. The number of amides is 1. The largest absolute Gasteiger partial charge is 0.460 e. The van der Waals surface area contributed by atoms with Crippen molar-refractivity contribution in [2.75, 3.05) is 5.32 Å². The summed E-state index contributed by atoms with van der Waals surface area (Å²) in [5.41, 5.74) is 8.54. The number of hydrogen-bond acceptors (Lipinski definition) is 6. The zero-order valence-electron chi connectivity index (χ0n) is 14.3. The second-order valence-corrected chi connectivity index (χ2v) is 6.09. The van der Waals surface area contributed by atoms with Crippen molar-refractivity contribution < 1.29 is 9.53 Å². The average molecular weight is 339 g/mol. The first kappa shape index (κ1) is 16.9. The van der Waals surface area contributed by atoms with Gasteiger partial charge in [0.05, 0.1) is 17.9 Å². The lowest BCUT2D eigenvalue weighted by molar-refractivity contribution is 0.102. The van der Waals surface area contributed by atoms with E-state index in [2.05, 4.69) is 20.3 Å². The number of ether oxygens (including phenoxy) is 1. The van der Waals surface area contributed by atoms with Crippen molar-refractivity contribution in [2.45, 2.75) is 38.8 Å². The van der Waals surface area contributed by atoms with Gasteiger partial charge in [0.15, 0.2) is 0 Å². The van der Waals surface area contributed by atoms with Crippen molar-refractivity contribution in [1.82, 2.24) is 9.97 Å². The van der Waals surface area contributed by atoms with Crippen LogP contribution in [-0.2, 0) is 11.2 Å². The van der Waals surface area contributed by atoms with E-state index < -0.39 is 0 Å². The number of nitrogens with zero attached hydrogens (tertiary/aromatic N) is 3. The van der Waals surface area contributed by atoms with E-state index in [1.54, 1.807) is 6.20 Å². The van der Waals surface area contributed by atoms with Crippen molar-refractivity contribution in [3.63, 3.8) is 0 Å². The Morgan fingerprint density at radius 3 is 2.60 bits per heavy atom. The number of aromatic nitrogens is 2. The number of amidine groups is 1. The van der Waals surface area contributed by atoms with E-state index in [1.807, 2.05) is 38.1 Å². The Kier molecular flexibility index (Phi) is 4.92. The van der Waals surface area contributed by atoms with Crippen LogP contribution in [0.2, 0.25) is 0 Å². The molecule has 0 spiro atoms. The number of aliphatic imine (C=N–C) groups is 1. The summed E-state index contributed by atoms with van der Waals surface area (Å²) in [5, 5.41) is 2.82. The van der Waals surface area contributed by atoms with Crippen molar-refractivity contribution in [1.29, 1.82) is 0 Å². The van der Waals surface area contributed by atoms with Crippen LogP contribution in [0.4, 0.5) is 5.69 Å². The maximum absolute atomic E-state index is 12.1. The predicted octanol–water partition coefficient (Wildman–Crippen LogP) is 2.07. The molecule has 0 saturated heterocycles. The van der Waals surface area contributed by atoms with Crippen molar-refractivity contribution in [2.24, 2.45) is 10.7 Å². The van der Waals surface area contributed by atoms with Gasteiger partial charge in [-0.15, -0.1) is 0 Å². The second-order valence-electron chi connectivity index (χ2n) is 6.09. The zero-order chi connectivity index (χ0) is 17.8. The van der Waals surface area contributed by atoms with Crippen LogP contribution in [0.3, 0.4) is 0 Å². The topological polar surface area (TPSA) is 102 Å². The average Bonchev–Trinajstić information content (AvgIpc) is 2.92. The summed E-state index contributed by atoms with van der Waals surface area (Å²) >= 11 is 0. The summed E-state index contributed by atoms with van der Waals surface area (Å²) in [6.07, 6.45) is 4.80. The molecule has 130 valence electrons. The molecule has 0 fully saturated rings. The maximum atomic E-state index is 12.1. The van der Waals surface area contributed by atoms with E-state index in [9.17, 15) is 4.79 Å². The fraction of sp³-hybridized carbons (Fsp3) is 0.333. The standard InChI is InChI=1S/C18H21N5O2/c1-11-9-21-16(10-20-11)17(24)22-14-6-3-13(4-7-14)5-8-15-12(2)25-18(19)23-15/h3-4,6-7,9-10,12,15H,5,8H2,1-2H3,(H2,19,23)(H,22,24). The molecule has 0 aliphatic carbocycles. The molecule has 1 aliphatic heterocycles. The number of nitrogens with two attached hydrogens (primary N) is 1. The quantitative estimate of drug-likeness (QED) is 0.868. The van der Waals surface area contributed by atoms with Gasteiger partial charge in [0, 0.05) is 11.9 Å². The highest BCUT2D eigenvalue weighted by Crippen LogP contribution is 2.18. The zero-order valence-corrected chi connectivity index (χ0v) is 14.3. The lowest BCUT2D eigenvalue weighted by atomic mass is 10.0. The molecule has 3 rings (SSSR count). The molecule has 0 radical (unpaired) electrons. The molecule has 2 heterocycles. The second kappa shape index (κ2) is 7.29. The molecule has 2 aromatic rings. The van der Waals surface area contributed by atoms with E-state index in [4.69, 9.17) is 10.5 Å². The number of benzene rings is 1. The number of nitrogens with one attached hydrogen (secondary N) is 1. The third kappa shape index (κ3) is 4.32. The Hall–Kier alpha value is -2.96. The normalized spacial score (nSPS) is 19.2. The van der Waals surface area contributed by atoms with Gasteiger partial charge in [0.25, 0.3) is 11.9 Å². The van der Waals surface area contributed by atoms with Gasteiger partial charge in [-0.1, -0.05) is 12.1 Å². The van der Waals surface area contributed by atoms with Crippen molar-refractivity contribution in [3.8, 4) is 0 Å². The third-order valence-corrected chi connectivity index (χ3v) is 4.10. The smallest absolute Gasteiger partial charge is 0.282 e. The van der Waals surface area contributed by atoms with E-state index in [1.165, 1.54) is 11.8 Å². The number of carbonyl (C=O) groups excluding carboxylic acids is 1. The van der Waals surface area contributed by atoms with E-state index >= 15 is 0 Å². The van der Waals surface area contributed by atoms with Crippen LogP contribution in [0.1, 0.15) is 35.1 Å². The summed E-state index contributed by atoms with van der Waals surface area (Å²) in [6, 6.07) is 8.10. The fourth-order valence-electron chi connectivity index (χ4n) is 2.64. The lowest BCUT2D eigenvalue weighted by Crippen LogP contribution is -2.20. The van der Waals surface area contributed by atoms with E-state index in [0.29, 0.717) is 5.69 Å². The third-order valence-electron chi connectivity index (χ3n) is 4.10. The lowest BCUT2D eigenvalue weighted by Gasteiger charge is -2.12. The van der Waals surface area contributed by atoms with Crippen LogP contribution in [0.15, 0.2) is 41.7 Å². The van der Waals surface area contributed by atoms with Gasteiger partial charge in [0.1, 0.15) is 11.8 Å². The SMILES string of the molecule is Cc1cnc(C(=O)Nc2ccc(CCC3N=C(N)OC3C)cc2)cn1. The molecular weight excluding hydrogens is 318 g/mol. The first-order valence-corrected chi connectivity index (χ1v) is 8.20. The number of anilines is 1. The van der Waals surface area contributed by atoms with Crippen LogP contribution in [0, 0.1) is 6.92 Å². The van der Waals surface area contributed by atoms with Crippen molar-refractivity contribution >= 4 is 17.6 Å². The monoisotopic (exact) mass is 339 g/mol. The minimum absolute atomic E-state index is 0.0224. The molecule has 25 heavy (non-hydrogen) atoms. The predicted molar refractivity (Wildman–Crippen MR) is 95.4 cm³/mol. The number of rotatable bonds is 5. The first-order chi connectivity index (χ1) is 12.0. The summed E-state index contributed by atoms with van der Waals surface area (Å²) in [4.78, 5) is 24.6. The van der Waals surface area contributed by atoms with Gasteiger partial charge in [-0.2, -0.15) is 0 Å². The van der Waals surface area contributed by atoms with Crippen LogP contribution in [-0.4, -0.2) is 34.0 Å². The van der Waals surface area contributed by atoms with Gasteiger partial charge in [0.2, 0.25) is 0 Å². The van der Waals surface area contributed by atoms with Gasteiger partial charge < -0.3 is 15.8 Å². The minimum atomic E-state index is -0.276. The molecule has 0 saturated carbocycles. The number of aryl methyl sites for hydroxylation is 2. The Bertz CT molecular complexity index is 771. The van der Waals surface area contributed by atoms with E-state index in [-0.39, 0.29) is 24.1 Å². The van der Waals surface area contributed by atoms with Crippen LogP contribution in [0.25, 0.3) is 0 Å². The van der Waals surface area contributed by atoms with Crippen LogP contribution in [0.5, 0.6) is 0 Å². The molecule has 1 amide bonds. The van der Waals surface area contributed by atoms with E-state index in [0.717, 1.165) is 24.2 Å². The Balaban J connectivity index is 1.55. The highest BCUT2D eigenvalue weighted by Gasteiger charge is 2.25. The Morgan fingerprint density at radius 2 is 2.00 bits per heavy atom. The summed E-state index contributed by atoms with van der Waals surface area (Å²) < 4.78 is 5.34. The fourth-order valence-corrected chi connectivity index (χ4v) is 2.64. The molecule has 2 atom stereocenters. The maximum Gasteiger partial charge on any atom is 0.282 e. The molecule has 1 aromatic heterocycles. The summed E-state index contributed by atoms with van der Waals surface area (Å²) in [5.74, 6) is -0.276. The van der Waals surface area contributed by atoms with Crippen LogP contribution < -0.4 is 11.1 Å². The highest BCUT2D eigenvalue weighted by atomic mass is 16.5. The first-order valence-electron chi connectivity index (χ1n) is 8.20. The summed E-state index contributed by atoms with van der Waals surface area (Å²) in [7, 11) is 0. The number of hydrogen-bond donors (Lipinski definition) is 2. The molecule has 3 N–H and O–H groups in total. The van der Waals surface area contributed by atoms with Crippen LogP contribution >= 0.6 is 0 Å². The van der Waals surface area contributed by atoms with Gasteiger partial charge in [-0.3, -0.25) is 9.78 Å². The molecule has 1 aliphatic rings. The molecule has 7 nitrogen and oxygen atoms in total. The number of carbonyl (C=O) groups is 1. The molecule has 1 aromatic carbocycles. The molecule has 0 bridgehead atoms. The Labute approximate surface area is 146 Å². The molecular formula is C18H21N5O2. The van der Waals surface area contributed by atoms with Gasteiger partial charge in [-0.25, -0.2) is 9.98 Å².